The summed E-state index contributed by atoms with van der Waals surface area (Å²) in [6.07, 6.45) is 15.5. The zero-order valence-electron chi connectivity index (χ0n) is 20.0. The molecule has 0 radical (unpaired) electrons. The zero-order valence-corrected chi connectivity index (χ0v) is 20.9. The molecular weight excluding hydrogens is 378 g/mol. The molecule has 0 aromatic carbocycles. The Labute approximate surface area is 187 Å². The average molecular weight is 428 g/mol. The maximum atomic E-state index is 6.17. The summed E-state index contributed by atoms with van der Waals surface area (Å²) in [4.78, 5) is 4.77. The molecule has 0 amide bonds. The van der Waals surface area contributed by atoms with Gasteiger partial charge in [0, 0.05) is 25.7 Å². The van der Waals surface area contributed by atoms with E-state index in [4.69, 9.17) is 17.0 Å². The maximum absolute atomic E-state index is 6.17. The van der Waals surface area contributed by atoms with Crippen molar-refractivity contribution in [2.24, 2.45) is 0 Å². The van der Waals surface area contributed by atoms with Crippen LogP contribution in [0, 0.1) is 0 Å². The third kappa shape index (κ3) is 12.1. The molecule has 0 bridgehead atoms. The molecule has 29 heavy (non-hydrogen) atoms. The van der Waals surface area contributed by atoms with Gasteiger partial charge in [-0.05, 0) is 90.6 Å². The van der Waals surface area contributed by atoms with Gasteiger partial charge in [0.05, 0.1) is 6.10 Å². The minimum absolute atomic E-state index is 0.450. The lowest BCUT2D eigenvalue weighted by atomic mass is 9.92. The van der Waals surface area contributed by atoms with Gasteiger partial charge in [-0.2, -0.15) is 0 Å². The summed E-state index contributed by atoms with van der Waals surface area (Å²) in [5.74, 6) is 0. The molecule has 1 aliphatic rings. The predicted octanol–water partition coefficient (Wildman–Crippen LogP) is 5.60. The second kappa shape index (κ2) is 16.3. The summed E-state index contributed by atoms with van der Waals surface area (Å²) in [5, 5.41) is 4.34. The fraction of sp³-hybridized carbons (Fsp3) is 0.958. The molecule has 0 spiro atoms. The molecule has 1 aliphatic carbocycles. The van der Waals surface area contributed by atoms with Crippen LogP contribution >= 0.6 is 12.2 Å². The van der Waals surface area contributed by atoms with E-state index < -0.39 is 0 Å². The van der Waals surface area contributed by atoms with E-state index in [9.17, 15) is 0 Å². The van der Waals surface area contributed by atoms with Crippen molar-refractivity contribution in [3.05, 3.63) is 0 Å². The van der Waals surface area contributed by atoms with Crippen molar-refractivity contribution >= 4 is 17.3 Å². The highest BCUT2D eigenvalue weighted by atomic mass is 32.1. The molecule has 0 saturated heterocycles. The second-order valence-electron chi connectivity index (χ2n) is 9.10. The van der Waals surface area contributed by atoms with E-state index in [-0.39, 0.29) is 0 Å². The van der Waals surface area contributed by atoms with E-state index in [0.29, 0.717) is 18.2 Å². The van der Waals surface area contributed by atoms with Crippen LogP contribution in [0.3, 0.4) is 0 Å². The molecule has 1 fully saturated rings. The van der Waals surface area contributed by atoms with Gasteiger partial charge in [0.2, 0.25) is 0 Å². The van der Waals surface area contributed by atoms with Crippen molar-refractivity contribution in [1.82, 2.24) is 15.1 Å². The minimum atomic E-state index is 0.450. The molecule has 1 rings (SSSR count). The van der Waals surface area contributed by atoms with E-state index >= 15 is 0 Å². The molecule has 1 unspecified atom stereocenters. The van der Waals surface area contributed by atoms with Gasteiger partial charge in [0.25, 0.3) is 0 Å². The molecule has 1 saturated carbocycles. The Bertz CT molecular complexity index is 413. The molecule has 0 aromatic rings. The van der Waals surface area contributed by atoms with Crippen molar-refractivity contribution < 1.29 is 4.74 Å². The number of rotatable bonds is 15. The quantitative estimate of drug-likeness (QED) is 0.271. The topological polar surface area (TPSA) is 27.7 Å². The smallest absolute Gasteiger partial charge is 0.169 e. The maximum Gasteiger partial charge on any atom is 0.169 e. The van der Waals surface area contributed by atoms with Gasteiger partial charge in [-0.25, -0.2) is 0 Å². The van der Waals surface area contributed by atoms with Crippen LogP contribution in [0.25, 0.3) is 0 Å². The Morgan fingerprint density at radius 3 is 2.21 bits per heavy atom. The Balaban J connectivity index is 2.02. The summed E-state index contributed by atoms with van der Waals surface area (Å²) in [6.45, 7) is 10.1. The number of unbranched alkanes of at least 4 members (excludes halogenated alkanes) is 5. The number of nitrogens with zero attached hydrogens (tertiary/aromatic N) is 2. The van der Waals surface area contributed by atoms with Crippen LogP contribution in [0.4, 0.5) is 0 Å². The van der Waals surface area contributed by atoms with Gasteiger partial charge in [-0.3, -0.25) is 0 Å². The SMILES string of the molecule is CCCCCN(C)CCCCCCOC1CCC(N(C)C(=S)NC(C)CC)CC1. The summed E-state index contributed by atoms with van der Waals surface area (Å²) in [5.41, 5.74) is 0. The first-order valence-electron chi connectivity index (χ1n) is 12.3. The lowest BCUT2D eigenvalue weighted by Crippen LogP contribution is -2.47. The molecule has 5 heteroatoms. The Hall–Kier alpha value is -0.390. The molecule has 0 aromatic heterocycles. The van der Waals surface area contributed by atoms with Gasteiger partial charge < -0.3 is 19.9 Å². The first-order chi connectivity index (χ1) is 14.0. The second-order valence-corrected chi connectivity index (χ2v) is 9.48. The standard InChI is InChI=1S/C24H49N3OS/c1-6-8-11-18-26(4)19-12-9-10-13-20-28-23-16-14-22(15-17-23)27(5)24(29)25-21(3)7-2/h21-23H,6-20H2,1-5H3,(H,25,29). The first-order valence-corrected chi connectivity index (χ1v) is 12.7. The van der Waals surface area contributed by atoms with Gasteiger partial charge in [0.15, 0.2) is 5.11 Å². The van der Waals surface area contributed by atoms with E-state index in [1.807, 2.05) is 0 Å². The third-order valence-electron chi connectivity index (χ3n) is 6.43. The van der Waals surface area contributed by atoms with Crippen LogP contribution < -0.4 is 5.32 Å². The van der Waals surface area contributed by atoms with Crippen molar-refractivity contribution in [2.45, 2.75) is 116 Å². The summed E-state index contributed by atoms with van der Waals surface area (Å²) in [6, 6.07) is 1.01. The molecule has 1 atom stereocenters. The summed E-state index contributed by atoms with van der Waals surface area (Å²) >= 11 is 5.57. The van der Waals surface area contributed by atoms with E-state index in [1.54, 1.807) is 0 Å². The largest absolute Gasteiger partial charge is 0.378 e. The van der Waals surface area contributed by atoms with Crippen molar-refractivity contribution in [1.29, 1.82) is 0 Å². The van der Waals surface area contributed by atoms with E-state index in [2.05, 4.69) is 50.0 Å². The minimum Gasteiger partial charge on any atom is -0.378 e. The Morgan fingerprint density at radius 1 is 0.966 bits per heavy atom. The molecule has 172 valence electrons. The number of ether oxygens (including phenoxy) is 1. The van der Waals surface area contributed by atoms with Gasteiger partial charge in [0.1, 0.15) is 0 Å². The Kier molecular flexibility index (Phi) is 15.0. The highest BCUT2D eigenvalue weighted by molar-refractivity contribution is 7.80. The molecule has 0 aliphatic heterocycles. The molecule has 4 nitrogen and oxygen atoms in total. The van der Waals surface area contributed by atoms with Crippen molar-refractivity contribution in [3.63, 3.8) is 0 Å². The van der Waals surface area contributed by atoms with Crippen molar-refractivity contribution in [3.8, 4) is 0 Å². The fourth-order valence-electron chi connectivity index (χ4n) is 4.01. The highest BCUT2D eigenvalue weighted by Gasteiger charge is 2.25. The normalized spacial score (nSPS) is 20.6. The van der Waals surface area contributed by atoms with Crippen molar-refractivity contribution in [2.75, 3.05) is 33.8 Å². The van der Waals surface area contributed by atoms with Gasteiger partial charge in [-0.1, -0.05) is 39.5 Å². The van der Waals surface area contributed by atoms with Gasteiger partial charge in [-0.15, -0.1) is 0 Å². The Morgan fingerprint density at radius 2 is 1.59 bits per heavy atom. The van der Waals surface area contributed by atoms with Crippen LogP contribution in [-0.4, -0.2) is 66.9 Å². The number of thiocarbonyl (C=S) groups is 1. The predicted molar refractivity (Wildman–Crippen MR) is 131 cm³/mol. The molecule has 0 heterocycles. The fourth-order valence-corrected chi connectivity index (χ4v) is 4.36. The lowest BCUT2D eigenvalue weighted by Gasteiger charge is -2.36. The van der Waals surface area contributed by atoms with Crippen LogP contribution in [0.2, 0.25) is 0 Å². The van der Waals surface area contributed by atoms with Crippen LogP contribution in [-0.2, 0) is 4.74 Å². The van der Waals surface area contributed by atoms with E-state index in [1.165, 1.54) is 83.7 Å². The molecule has 1 N–H and O–H groups in total. The lowest BCUT2D eigenvalue weighted by molar-refractivity contribution is 0.0146. The monoisotopic (exact) mass is 427 g/mol. The highest BCUT2D eigenvalue weighted by Crippen LogP contribution is 2.25. The first kappa shape index (κ1) is 26.6. The van der Waals surface area contributed by atoms with Crippen LogP contribution in [0.5, 0.6) is 0 Å². The van der Waals surface area contributed by atoms with Crippen LogP contribution in [0.15, 0.2) is 0 Å². The number of nitrogens with one attached hydrogen (secondary N) is 1. The summed E-state index contributed by atoms with van der Waals surface area (Å²) < 4.78 is 6.17. The summed E-state index contributed by atoms with van der Waals surface area (Å²) in [7, 11) is 4.41. The van der Waals surface area contributed by atoms with E-state index in [0.717, 1.165) is 18.1 Å². The van der Waals surface area contributed by atoms with Crippen LogP contribution in [0.1, 0.15) is 97.8 Å². The zero-order chi connectivity index (χ0) is 21.5. The number of hydrogen-bond acceptors (Lipinski definition) is 3. The average Bonchev–Trinajstić information content (AvgIpc) is 2.73. The molecular formula is C24H49N3OS. The third-order valence-corrected chi connectivity index (χ3v) is 6.83. The van der Waals surface area contributed by atoms with Gasteiger partial charge >= 0.3 is 0 Å². The number of hydrogen-bond donors (Lipinski definition) is 1.